The lowest BCUT2D eigenvalue weighted by molar-refractivity contribution is 0.127. The van der Waals surface area contributed by atoms with Gasteiger partial charge in [0.15, 0.2) is 0 Å². The number of nitriles is 1. The van der Waals surface area contributed by atoms with Crippen LogP contribution in [0.2, 0.25) is 0 Å². The Morgan fingerprint density at radius 1 is 1.35 bits per heavy atom. The summed E-state index contributed by atoms with van der Waals surface area (Å²) in [5.74, 6) is 0.452. The molecule has 0 bridgehead atoms. The Bertz CT molecular complexity index is 382. The number of ether oxygens (including phenoxy) is 1. The minimum absolute atomic E-state index is 0.226. The van der Waals surface area contributed by atoms with Crippen molar-refractivity contribution in [1.82, 2.24) is 0 Å². The fourth-order valence-corrected chi connectivity index (χ4v) is 1.55. The van der Waals surface area contributed by atoms with Gasteiger partial charge in [0.2, 0.25) is 0 Å². The van der Waals surface area contributed by atoms with E-state index >= 15 is 0 Å². The number of nitrogens with zero attached hydrogens (tertiary/aromatic N) is 1. The summed E-state index contributed by atoms with van der Waals surface area (Å²) in [7, 11) is 0. The molecule has 1 N–H and O–H groups in total. The standard InChI is InChI=1S/C14H20N2O/c1-4-17-10-14(11(2)3)16-13-8-6-5-7-12(13)9-15/h5-8,11,14,16H,4,10H2,1-3H3. The molecule has 0 heterocycles. The Kier molecular flexibility index (Phi) is 5.51. The summed E-state index contributed by atoms with van der Waals surface area (Å²) in [5, 5.41) is 12.4. The molecule has 0 amide bonds. The van der Waals surface area contributed by atoms with Crippen molar-refractivity contribution in [1.29, 1.82) is 5.26 Å². The maximum Gasteiger partial charge on any atom is 0.101 e. The highest BCUT2D eigenvalue weighted by Crippen LogP contribution is 2.17. The number of anilines is 1. The maximum absolute atomic E-state index is 9.02. The van der Waals surface area contributed by atoms with Gasteiger partial charge in [-0.3, -0.25) is 0 Å². The summed E-state index contributed by atoms with van der Waals surface area (Å²) in [6, 6.07) is 9.97. The van der Waals surface area contributed by atoms with Gasteiger partial charge >= 0.3 is 0 Å². The minimum Gasteiger partial charge on any atom is -0.380 e. The van der Waals surface area contributed by atoms with Gasteiger partial charge < -0.3 is 10.1 Å². The molecule has 1 rings (SSSR count). The SMILES string of the molecule is CCOCC(Nc1ccccc1C#N)C(C)C. The maximum atomic E-state index is 9.02. The molecule has 1 atom stereocenters. The first-order valence-electron chi connectivity index (χ1n) is 6.02. The normalized spacial score (nSPS) is 12.2. The molecule has 0 saturated heterocycles. The fourth-order valence-electron chi connectivity index (χ4n) is 1.55. The fraction of sp³-hybridized carbons (Fsp3) is 0.500. The summed E-state index contributed by atoms with van der Waals surface area (Å²) in [6.45, 7) is 7.65. The van der Waals surface area contributed by atoms with E-state index in [2.05, 4.69) is 25.2 Å². The van der Waals surface area contributed by atoms with Crippen molar-refractivity contribution >= 4 is 5.69 Å². The molecule has 0 aliphatic rings. The molecule has 17 heavy (non-hydrogen) atoms. The van der Waals surface area contributed by atoms with Gasteiger partial charge in [-0.15, -0.1) is 0 Å². The number of rotatable bonds is 6. The highest BCUT2D eigenvalue weighted by Gasteiger charge is 2.14. The van der Waals surface area contributed by atoms with Gasteiger partial charge in [0.25, 0.3) is 0 Å². The molecule has 0 fully saturated rings. The van der Waals surface area contributed by atoms with Crippen molar-refractivity contribution in [2.75, 3.05) is 18.5 Å². The van der Waals surface area contributed by atoms with Crippen molar-refractivity contribution < 1.29 is 4.74 Å². The van der Waals surface area contributed by atoms with Crippen LogP contribution in [0, 0.1) is 17.2 Å². The topological polar surface area (TPSA) is 45.0 Å². The lowest BCUT2D eigenvalue weighted by Crippen LogP contribution is -2.31. The average Bonchev–Trinajstić information content (AvgIpc) is 2.34. The molecule has 3 nitrogen and oxygen atoms in total. The molecular weight excluding hydrogens is 212 g/mol. The molecule has 1 unspecified atom stereocenters. The van der Waals surface area contributed by atoms with Crippen molar-refractivity contribution in [2.24, 2.45) is 5.92 Å². The molecular formula is C14H20N2O. The number of benzene rings is 1. The van der Waals surface area contributed by atoms with Crippen LogP contribution in [0.3, 0.4) is 0 Å². The van der Waals surface area contributed by atoms with Crippen molar-refractivity contribution in [3.63, 3.8) is 0 Å². The third kappa shape index (κ3) is 4.08. The van der Waals surface area contributed by atoms with Gasteiger partial charge in [0, 0.05) is 6.61 Å². The van der Waals surface area contributed by atoms with E-state index in [9.17, 15) is 0 Å². The highest BCUT2D eigenvalue weighted by molar-refractivity contribution is 5.57. The first kappa shape index (κ1) is 13.5. The lowest BCUT2D eigenvalue weighted by atomic mass is 10.0. The molecule has 1 aromatic carbocycles. The molecule has 1 aromatic rings. The van der Waals surface area contributed by atoms with Crippen LogP contribution in [0.4, 0.5) is 5.69 Å². The van der Waals surface area contributed by atoms with Crippen LogP contribution in [0.5, 0.6) is 0 Å². The van der Waals surface area contributed by atoms with Gasteiger partial charge in [-0.25, -0.2) is 0 Å². The molecule has 0 spiro atoms. The van der Waals surface area contributed by atoms with Crippen LogP contribution >= 0.6 is 0 Å². The average molecular weight is 232 g/mol. The van der Waals surface area contributed by atoms with E-state index in [4.69, 9.17) is 10.00 Å². The van der Waals surface area contributed by atoms with Crippen LogP contribution in [-0.4, -0.2) is 19.3 Å². The smallest absolute Gasteiger partial charge is 0.101 e. The van der Waals surface area contributed by atoms with E-state index in [1.54, 1.807) is 0 Å². The predicted molar refractivity (Wildman–Crippen MR) is 69.9 cm³/mol. The Morgan fingerprint density at radius 3 is 2.65 bits per heavy atom. The molecule has 0 aromatic heterocycles. The molecule has 92 valence electrons. The van der Waals surface area contributed by atoms with Crippen molar-refractivity contribution in [3.05, 3.63) is 29.8 Å². The van der Waals surface area contributed by atoms with Gasteiger partial charge in [-0.1, -0.05) is 26.0 Å². The molecule has 0 aliphatic heterocycles. The summed E-state index contributed by atoms with van der Waals surface area (Å²) in [6.07, 6.45) is 0. The Balaban J connectivity index is 2.75. The highest BCUT2D eigenvalue weighted by atomic mass is 16.5. The zero-order chi connectivity index (χ0) is 12.7. The zero-order valence-electron chi connectivity index (χ0n) is 10.7. The quantitative estimate of drug-likeness (QED) is 0.820. The zero-order valence-corrected chi connectivity index (χ0v) is 10.7. The van der Waals surface area contributed by atoms with Crippen LogP contribution < -0.4 is 5.32 Å². The molecule has 0 saturated carbocycles. The lowest BCUT2D eigenvalue weighted by Gasteiger charge is -2.23. The van der Waals surface area contributed by atoms with E-state index in [1.165, 1.54) is 0 Å². The summed E-state index contributed by atoms with van der Waals surface area (Å²) in [5.41, 5.74) is 1.56. The van der Waals surface area contributed by atoms with E-state index < -0.39 is 0 Å². The number of hydrogen-bond acceptors (Lipinski definition) is 3. The van der Waals surface area contributed by atoms with E-state index in [0.29, 0.717) is 24.7 Å². The van der Waals surface area contributed by atoms with Crippen LogP contribution in [0.1, 0.15) is 26.3 Å². The van der Waals surface area contributed by atoms with E-state index in [-0.39, 0.29) is 6.04 Å². The second-order valence-electron chi connectivity index (χ2n) is 4.31. The van der Waals surface area contributed by atoms with Crippen LogP contribution in [-0.2, 0) is 4.74 Å². The monoisotopic (exact) mass is 232 g/mol. The Morgan fingerprint density at radius 2 is 2.06 bits per heavy atom. The second kappa shape index (κ2) is 6.93. The second-order valence-corrected chi connectivity index (χ2v) is 4.31. The van der Waals surface area contributed by atoms with E-state index in [1.807, 2.05) is 31.2 Å². The van der Waals surface area contributed by atoms with Gasteiger partial charge in [0.05, 0.1) is 23.9 Å². The number of hydrogen-bond donors (Lipinski definition) is 1. The third-order valence-electron chi connectivity index (χ3n) is 2.69. The molecule has 0 radical (unpaired) electrons. The van der Waals surface area contributed by atoms with Gasteiger partial charge in [0.1, 0.15) is 6.07 Å². The number of para-hydroxylation sites is 1. The van der Waals surface area contributed by atoms with Crippen molar-refractivity contribution in [2.45, 2.75) is 26.8 Å². The van der Waals surface area contributed by atoms with Crippen molar-refractivity contribution in [3.8, 4) is 6.07 Å². The third-order valence-corrected chi connectivity index (χ3v) is 2.69. The van der Waals surface area contributed by atoms with Gasteiger partial charge in [-0.05, 0) is 25.0 Å². The minimum atomic E-state index is 0.226. The van der Waals surface area contributed by atoms with Crippen LogP contribution in [0.25, 0.3) is 0 Å². The molecule has 3 heteroatoms. The Labute approximate surface area is 103 Å². The largest absolute Gasteiger partial charge is 0.380 e. The van der Waals surface area contributed by atoms with Crippen LogP contribution in [0.15, 0.2) is 24.3 Å². The van der Waals surface area contributed by atoms with Gasteiger partial charge in [-0.2, -0.15) is 5.26 Å². The summed E-state index contributed by atoms with van der Waals surface area (Å²) >= 11 is 0. The molecule has 0 aliphatic carbocycles. The Hall–Kier alpha value is -1.53. The number of nitrogens with one attached hydrogen (secondary N) is 1. The first-order valence-corrected chi connectivity index (χ1v) is 6.02. The van der Waals surface area contributed by atoms with E-state index in [0.717, 1.165) is 5.69 Å². The summed E-state index contributed by atoms with van der Waals surface area (Å²) < 4.78 is 5.46. The predicted octanol–water partition coefficient (Wildman–Crippen LogP) is 3.03. The first-order chi connectivity index (χ1) is 8.19. The summed E-state index contributed by atoms with van der Waals surface area (Å²) in [4.78, 5) is 0.